The third kappa shape index (κ3) is 4.06. The van der Waals surface area contributed by atoms with Gasteiger partial charge in [-0.15, -0.1) is 0 Å². The molecule has 0 saturated carbocycles. The van der Waals surface area contributed by atoms with E-state index in [1.165, 1.54) is 12.1 Å². The van der Waals surface area contributed by atoms with Gasteiger partial charge in [0.05, 0.1) is 26.1 Å². The molecule has 1 atom stereocenters. The highest BCUT2D eigenvalue weighted by molar-refractivity contribution is 5.69. The number of nitrogens with zero attached hydrogens (tertiary/aromatic N) is 3. The van der Waals surface area contributed by atoms with E-state index in [9.17, 15) is 4.39 Å². The summed E-state index contributed by atoms with van der Waals surface area (Å²) >= 11 is 0. The predicted molar refractivity (Wildman–Crippen MR) is 114 cm³/mol. The van der Waals surface area contributed by atoms with Crippen LogP contribution in [0.15, 0.2) is 48.8 Å². The smallest absolute Gasteiger partial charge is 0.231 e. The van der Waals surface area contributed by atoms with Crippen LogP contribution in [-0.2, 0) is 17.9 Å². The normalized spacial score (nSPS) is 13.6. The van der Waals surface area contributed by atoms with Crippen molar-refractivity contribution < 1.29 is 18.6 Å². The number of fused-ring (bicyclic) bond motifs is 2. The number of rotatable bonds is 7. The molecular weight excluding hydrogens is 413 g/mol. The average Bonchev–Trinajstić information content (AvgIpc) is 3.45. The molecule has 4 aromatic rings. The van der Waals surface area contributed by atoms with Gasteiger partial charge < -0.3 is 23.8 Å². The highest BCUT2D eigenvalue weighted by Gasteiger charge is 2.17. The van der Waals surface area contributed by atoms with Gasteiger partial charge in [-0.2, -0.15) is 0 Å². The van der Waals surface area contributed by atoms with E-state index in [2.05, 4.69) is 9.97 Å². The lowest BCUT2D eigenvalue weighted by atomic mass is 10.2. The fourth-order valence-corrected chi connectivity index (χ4v) is 3.60. The van der Waals surface area contributed by atoms with Crippen molar-refractivity contribution >= 4 is 11.2 Å². The van der Waals surface area contributed by atoms with E-state index in [-0.39, 0.29) is 24.0 Å². The Bertz CT molecular complexity index is 1320. The second-order valence-corrected chi connectivity index (χ2v) is 7.77. The molecule has 0 spiro atoms. The lowest BCUT2D eigenvalue weighted by Gasteiger charge is -2.10. The minimum Gasteiger partial charge on any atom is -0.454 e. The quantitative estimate of drug-likeness (QED) is 0.463. The van der Waals surface area contributed by atoms with E-state index >= 15 is 0 Å². The maximum atomic E-state index is 13.0. The molecule has 164 valence electrons. The summed E-state index contributed by atoms with van der Waals surface area (Å²) in [6, 6.07) is 12.1. The van der Waals surface area contributed by atoms with E-state index in [1.54, 1.807) is 18.5 Å². The molecule has 0 saturated heterocycles. The van der Waals surface area contributed by atoms with Crippen molar-refractivity contribution in [1.29, 1.82) is 5.41 Å². The second-order valence-electron chi connectivity index (χ2n) is 7.77. The first kappa shape index (κ1) is 20.2. The summed E-state index contributed by atoms with van der Waals surface area (Å²) in [6.45, 7) is 3.58. The summed E-state index contributed by atoms with van der Waals surface area (Å²) in [6.07, 6.45) is 1.62. The van der Waals surface area contributed by atoms with Crippen LogP contribution in [0.1, 0.15) is 29.8 Å². The molecule has 0 bridgehead atoms. The molecular formula is C23H22FN5O3. The molecule has 0 amide bonds. The van der Waals surface area contributed by atoms with Gasteiger partial charge in [0.1, 0.15) is 17.2 Å². The van der Waals surface area contributed by atoms with E-state index in [1.807, 2.05) is 29.7 Å². The number of aromatic nitrogens is 4. The Morgan fingerprint density at radius 3 is 2.78 bits per heavy atom. The van der Waals surface area contributed by atoms with Crippen LogP contribution in [-0.4, -0.2) is 32.9 Å². The van der Waals surface area contributed by atoms with Crippen LogP contribution in [0, 0.1) is 11.2 Å². The average molecular weight is 435 g/mol. The Morgan fingerprint density at radius 2 is 1.94 bits per heavy atom. The SMILES string of the molecule is CC(COCc1ccc(F)cc1)c1nc2c([nH]1)c(=N)ncn2Cc1ccc2c(c1)OCO2. The van der Waals surface area contributed by atoms with Crippen LogP contribution >= 0.6 is 0 Å². The number of ether oxygens (including phenoxy) is 3. The molecule has 2 aromatic carbocycles. The fraction of sp³-hybridized carbons (Fsp3) is 0.261. The molecule has 32 heavy (non-hydrogen) atoms. The topological polar surface area (TPSA) is 98.0 Å². The molecule has 0 radical (unpaired) electrons. The van der Waals surface area contributed by atoms with Crippen molar-refractivity contribution in [3.05, 3.63) is 77.0 Å². The summed E-state index contributed by atoms with van der Waals surface area (Å²) in [5.41, 5.74) is 3.29. The number of imidazole rings is 1. The molecule has 1 aliphatic heterocycles. The van der Waals surface area contributed by atoms with E-state index in [0.717, 1.165) is 28.5 Å². The number of halogens is 1. The molecule has 2 N–H and O–H groups in total. The zero-order chi connectivity index (χ0) is 22.1. The number of hydrogen-bond donors (Lipinski definition) is 2. The first-order valence-electron chi connectivity index (χ1n) is 10.3. The molecule has 3 heterocycles. The number of hydrogen-bond acceptors (Lipinski definition) is 6. The first-order chi connectivity index (χ1) is 15.6. The maximum absolute atomic E-state index is 13.0. The Kier molecular flexibility index (Phi) is 5.32. The van der Waals surface area contributed by atoms with Crippen molar-refractivity contribution in [3.63, 3.8) is 0 Å². The van der Waals surface area contributed by atoms with Crippen molar-refractivity contribution in [3.8, 4) is 11.5 Å². The number of aromatic amines is 1. The lowest BCUT2D eigenvalue weighted by Crippen LogP contribution is -2.13. The summed E-state index contributed by atoms with van der Waals surface area (Å²) in [4.78, 5) is 12.2. The van der Waals surface area contributed by atoms with E-state index in [0.29, 0.717) is 30.9 Å². The Morgan fingerprint density at radius 1 is 1.16 bits per heavy atom. The number of benzene rings is 2. The molecule has 0 fully saturated rings. The summed E-state index contributed by atoms with van der Waals surface area (Å²) in [7, 11) is 0. The van der Waals surface area contributed by atoms with Gasteiger partial charge in [-0.25, -0.2) is 14.4 Å². The molecule has 1 unspecified atom stereocenters. The Balaban J connectivity index is 1.33. The molecule has 1 aliphatic rings. The van der Waals surface area contributed by atoms with Gasteiger partial charge in [-0.05, 0) is 35.4 Å². The monoisotopic (exact) mass is 435 g/mol. The number of nitrogens with one attached hydrogen (secondary N) is 2. The highest BCUT2D eigenvalue weighted by Crippen LogP contribution is 2.32. The van der Waals surface area contributed by atoms with Crippen molar-refractivity contribution in [2.45, 2.75) is 26.0 Å². The van der Waals surface area contributed by atoms with E-state index in [4.69, 9.17) is 24.6 Å². The highest BCUT2D eigenvalue weighted by atomic mass is 19.1. The van der Waals surface area contributed by atoms with Crippen molar-refractivity contribution in [2.75, 3.05) is 13.4 Å². The second kappa shape index (κ2) is 8.43. The van der Waals surface area contributed by atoms with Gasteiger partial charge in [0, 0.05) is 5.92 Å². The molecule has 2 aromatic heterocycles. The molecule has 9 heteroatoms. The molecule has 5 rings (SSSR count). The van der Waals surface area contributed by atoms with Gasteiger partial charge in [0.2, 0.25) is 6.79 Å². The van der Waals surface area contributed by atoms with Gasteiger partial charge >= 0.3 is 0 Å². The first-order valence-corrected chi connectivity index (χ1v) is 10.3. The van der Waals surface area contributed by atoms with Crippen LogP contribution in [0.3, 0.4) is 0 Å². The summed E-state index contributed by atoms with van der Waals surface area (Å²) < 4.78 is 31.6. The minimum atomic E-state index is -0.266. The van der Waals surface area contributed by atoms with Crippen LogP contribution in [0.5, 0.6) is 11.5 Å². The fourth-order valence-electron chi connectivity index (χ4n) is 3.60. The molecule has 0 aliphatic carbocycles. The van der Waals surface area contributed by atoms with Gasteiger partial charge in [0.25, 0.3) is 0 Å². The maximum Gasteiger partial charge on any atom is 0.231 e. The van der Waals surface area contributed by atoms with Crippen molar-refractivity contribution in [2.24, 2.45) is 0 Å². The number of H-pyrrole nitrogens is 1. The zero-order valence-electron chi connectivity index (χ0n) is 17.5. The van der Waals surface area contributed by atoms with Crippen LogP contribution in [0.2, 0.25) is 0 Å². The van der Waals surface area contributed by atoms with Gasteiger partial charge in [-0.1, -0.05) is 25.1 Å². The van der Waals surface area contributed by atoms with Crippen LogP contribution in [0.4, 0.5) is 4.39 Å². The molecule has 8 nitrogen and oxygen atoms in total. The third-order valence-corrected chi connectivity index (χ3v) is 5.34. The zero-order valence-corrected chi connectivity index (χ0v) is 17.5. The van der Waals surface area contributed by atoms with Gasteiger partial charge in [0.15, 0.2) is 22.6 Å². The Labute approximate surface area is 183 Å². The Hall–Kier alpha value is -3.72. The van der Waals surface area contributed by atoms with Crippen LogP contribution in [0.25, 0.3) is 11.2 Å². The standard InChI is InChI=1S/C23H22FN5O3/c1-14(10-30-11-15-2-5-17(24)6-3-15)22-27-20-21(25)26-12-29(23(20)28-22)9-16-4-7-18-19(8-16)32-13-31-18/h2-8,12,14,25H,9-11,13H2,1H3,(H,27,28). The largest absolute Gasteiger partial charge is 0.454 e. The van der Waals surface area contributed by atoms with Crippen molar-refractivity contribution in [1.82, 2.24) is 19.5 Å². The van der Waals surface area contributed by atoms with Crippen LogP contribution < -0.4 is 15.0 Å². The summed E-state index contributed by atoms with van der Waals surface area (Å²) in [5.74, 6) is 1.89. The lowest BCUT2D eigenvalue weighted by molar-refractivity contribution is 0.109. The third-order valence-electron chi connectivity index (χ3n) is 5.34. The minimum absolute atomic E-state index is 0.0266. The summed E-state index contributed by atoms with van der Waals surface area (Å²) in [5, 5.41) is 8.17. The predicted octanol–water partition coefficient (Wildman–Crippen LogP) is 3.48. The van der Waals surface area contributed by atoms with E-state index < -0.39 is 0 Å². The van der Waals surface area contributed by atoms with Gasteiger partial charge in [-0.3, -0.25) is 5.41 Å².